The molecule has 0 N–H and O–H groups in total. The molecule has 0 rings (SSSR count). The number of hydrogen-bond acceptors (Lipinski definition) is 9. The second kappa shape index (κ2) is 22.2. The molecule has 0 bridgehead atoms. The van der Waals surface area contributed by atoms with Crippen LogP contribution >= 0.6 is 7.60 Å². The van der Waals surface area contributed by atoms with E-state index in [-0.39, 0.29) is 24.4 Å². The third-order valence-electron chi connectivity index (χ3n) is 5.58. The van der Waals surface area contributed by atoms with Crippen LogP contribution in [-0.4, -0.2) is 43.8 Å². The lowest BCUT2D eigenvalue weighted by Gasteiger charge is -2.32. The Hall–Kier alpha value is -1.51. The maximum atomic E-state index is 14.4. The Bertz CT molecular complexity index is 768. The Morgan fingerprint density at radius 3 is 1.64 bits per heavy atom. The highest BCUT2D eigenvalue weighted by molar-refractivity contribution is 7.54. The van der Waals surface area contributed by atoms with E-state index in [0.29, 0.717) is 38.5 Å². The van der Waals surface area contributed by atoms with E-state index in [1.54, 1.807) is 0 Å². The molecule has 0 aromatic rings. The van der Waals surface area contributed by atoms with Gasteiger partial charge in [-0.25, -0.2) is 9.59 Å². The number of hydrogen-bond donors (Lipinski definition) is 0. The molecule has 4 unspecified atom stereocenters. The molecule has 0 aromatic carbocycles. The second-order valence-electron chi connectivity index (χ2n) is 9.72. The second-order valence-corrected chi connectivity index (χ2v) is 11.7. The largest absolute Gasteiger partial charge is 0.432 e. The van der Waals surface area contributed by atoms with Gasteiger partial charge in [-0.15, -0.1) is 0 Å². The molecular formula is C29H53O9P. The van der Waals surface area contributed by atoms with Crippen molar-refractivity contribution in [1.29, 1.82) is 0 Å². The lowest BCUT2D eigenvalue weighted by atomic mass is 10.2. The zero-order valence-corrected chi connectivity index (χ0v) is 26.1. The van der Waals surface area contributed by atoms with Crippen LogP contribution in [0.15, 0.2) is 24.3 Å². The molecule has 0 amide bonds. The fourth-order valence-electron chi connectivity index (χ4n) is 3.19. The highest BCUT2D eigenvalue weighted by Crippen LogP contribution is 2.56. The van der Waals surface area contributed by atoms with Gasteiger partial charge in [0.05, 0.1) is 13.2 Å². The van der Waals surface area contributed by atoms with Crippen LogP contribution in [0.5, 0.6) is 0 Å². The van der Waals surface area contributed by atoms with E-state index in [4.69, 9.17) is 28.0 Å². The Morgan fingerprint density at radius 2 is 1.15 bits per heavy atom. The third kappa shape index (κ3) is 17.0. The summed E-state index contributed by atoms with van der Waals surface area (Å²) in [5.41, 5.74) is 0.399. The molecule has 0 saturated carbocycles. The Kier molecular flexibility index (Phi) is 21.4. The predicted octanol–water partition coefficient (Wildman–Crippen LogP) is 8.18. The van der Waals surface area contributed by atoms with E-state index in [9.17, 15) is 14.2 Å². The molecule has 0 spiro atoms. The Balaban J connectivity index is 6.26. The minimum absolute atomic E-state index is 0.128. The Labute approximate surface area is 236 Å². The first-order chi connectivity index (χ1) is 18.5. The number of ether oxygens (including phenoxy) is 4. The predicted molar refractivity (Wildman–Crippen MR) is 153 cm³/mol. The van der Waals surface area contributed by atoms with Crippen molar-refractivity contribution in [2.24, 2.45) is 0 Å². The molecule has 4 atom stereocenters. The fraction of sp³-hybridized carbons (Fsp3) is 0.793. The lowest BCUT2D eigenvalue weighted by Crippen LogP contribution is -2.32. The minimum Gasteiger partial charge on any atom is -0.432 e. The molecule has 0 aliphatic rings. The molecule has 228 valence electrons. The molecule has 0 saturated heterocycles. The quantitative estimate of drug-likeness (QED) is 0.0349. The molecule has 10 heteroatoms. The molecule has 9 nitrogen and oxygen atoms in total. The van der Waals surface area contributed by atoms with Gasteiger partial charge in [-0.3, -0.25) is 9.09 Å². The summed E-state index contributed by atoms with van der Waals surface area (Å²) in [6.45, 7) is 18.8. The summed E-state index contributed by atoms with van der Waals surface area (Å²) in [6.07, 6.45) is 6.39. The van der Waals surface area contributed by atoms with Crippen LogP contribution in [0.4, 0.5) is 0 Å². The first-order valence-electron chi connectivity index (χ1n) is 14.5. The van der Waals surface area contributed by atoms with Gasteiger partial charge in [0.2, 0.25) is 12.6 Å². The van der Waals surface area contributed by atoms with Crippen molar-refractivity contribution in [3.63, 3.8) is 0 Å². The summed E-state index contributed by atoms with van der Waals surface area (Å²) in [5.74, 6) is -1.29. The first kappa shape index (κ1) is 37.5. The summed E-state index contributed by atoms with van der Waals surface area (Å²) < 4.78 is 49.3. The highest BCUT2D eigenvalue weighted by atomic mass is 31.2. The summed E-state index contributed by atoms with van der Waals surface area (Å²) >= 11 is 0. The molecule has 0 aromatic heterocycles. The van der Waals surface area contributed by atoms with Gasteiger partial charge in [0.1, 0.15) is 0 Å². The lowest BCUT2D eigenvalue weighted by molar-refractivity contribution is -0.224. The zero-order chi connectivity index (χ0) is 29.7. The van der Waals surface area contributed by atoms with E-state index < -0.39 is 38.1 Å². The van der Waals surface area contributed by atoms with Crippen LogP contribution in [0.3, 0.4) is 0 Å². The van der Waals surface area contributed by atoms with Crippen molar-refractivity contribution in [2.45, 2.75) is 137 Å². The van der Waals surface area contributed by atoms with Gasteiger partial charge in [0, 0.05) is 24.0 Å². The third-order valence-corrected chi connectivity index (χ3v) is 7.44. The van der Waals surface area contributed by atoms with Crippen LogP contribution in [0.2, 0.25) is 0 Å². The van der Waals surface area contributed by atoms with Crippen molar-refractivity contribution < 1.29 is 42.1 Å². The van der Waals surface area contributed by atoms with Crippen molar-refractivity contribution >= 4 is 19.5 Å². The van der Waals surface area contributed by atoms with Gasteiger partial charge in [0.15, 0.2) is 0 Å². The van der Waals surface area contributed by atoms with E-state index in [1.807, 2.05) is 20.8 Å². The van der Waals surface area contributed by atoms with Gasteiger partial charge in [0.25, 0.3) is 6.03 Å². The first-order valence-corrected chi connectivity index (χ1v) is 16.1. The van der Waals surface area contributed by atoms with Crippen LogP contribution < -0.4 is 0 Å². The average molecular weight is 577 g/mol. The van der Waals surface area contributed by atoms with Gasteiger partial charge >= 0.3 is 19.5 Å². The van der Waals surface area contributed by atoms with Crippen LogP contribution in [0, 0.1) is 0 Å². The standard InChI is InChI=1S/C29H53O9P/c1-9-13-17-21-33-29(37-25(19-15-11-3)35-27(30)23(5)6)39(32,34-22-18-14-10-2)38-26(20-16-12-4)36-28(31)24(7)8/h25-26,29H,5,7,9-22H2,1-4,6,8H3. The van der Waals surface area contributed by atoms with Crippen molar-refractivity contribution in [1.82, 2.24) is 0 Å². The van der Waals surface area contributed by atoms with Crippen molar-refractivity contribution in [2.75, 3.05) is 13.2 Å². The zero-order valence-electron chi connectivity index (χ0n) is 25.2. The fourth-order valence-corrected chi connectivity index (χ4v) is 4.90. The monoisotopic (exact) mass is 576 g/mol. The minimum atomic E-state index is -4.22. The van der Waals surface area contributed by atoms with Crippen molar-refractivity contribution in [3.05, 3.63) is 24.3 Å². The maximum absolute atomic E-state index is 14.4. The number of unbranched alkanes of at least 4 members (excludes halogenated alkanes) is 6. The summed E-state index contributed by atoms with van der Waals surface area (Å²) in [6, 6.07) is -1.50. The number of esters is 2. The number of rotatable bonds is 25. The molecule has 39 heavy (non-hydrogen) atoms. The molecule has 0 aliphatic heterocycles. The van der Waals surface area contributed by atoms with Crippen LogP contribution in [0.25, 0.3) is 0 Å². The van der Waals surface area contributed by atoms with E-state index in [0.717, 1.165) is 38.5 Å². The summed E-state index contributed by atoms with van der Waals surface area (Å²) in [4.78, 5) is 24.7. The summed E-state index contributed by atoms with van der Waals surface area (Å²) in [5, 5.41) is 0. The molecule has 0 aliphatic carbocycles. The number of carbonyl (C=O) groups is 2. The van der Waals surface area contributed by atoms with Gasteiger partial charge in [-0.05, 0) is 39.5 Å². The smallest absolute Gasteiger partial charge is 0.389 e. The van der Waals surface area contributed by atoms with Crippen LogP contribution in [0.1, 0.15) is 119 Å². The van der Waals surface area contributed by atoms with E-state index >= 15 is 0 Å². The van der Waals surface area contributed by atoms with Gasteiger partial charge in [-0.2, -0.15) is 0 Å². The summed E-state index contributed by atoms with van der Waals surface area (Å²) in [7, 11) is -4.22. The van der Waals surface area contributed by atoms with Crippen molar-refractivity contribution in [3.8, 4) is 0 Å². The SMILES string of the molecule is C=C(C)C(=O)OC(CCCC)OC(OCCCCC)P(=O)(OCCCCC)OC(CCCC)OC(=O)C(=C)C. The molecular weight excluding hydrogens is 523 g/mol. The normalized spacial score (nSPS) is 15.1. The van der Waals surface area contributed by atoms with E-state index in [2.05, 4.69) is 20.1 Å². The molecule has 0 heterocycles. The molecule has 0 fully saturated rings. The Morgan fingerprint density at radius 1 is 0.692 bits per heavy atom. The maximum Gasteiger partial charge on any atom is 0.389 e. The average Bonchev–Trinajstić information content (AvgIpc) is 2.89. The van der Waals surface area contributed by atoms with Crippen LogP contribution in [-0.2, 0) is 42.1 Å². The van der Waals surface area contributed by atoms with Gasteiger partial charge in [-0.1, -0.05) is 79.4 Å². The van der Waals surface area contributed by atoms with E-state index in [1.165, 1.54) is 13.8 Å². The highest BCUT2D eigenvalue weighted by Gasteiger charge is 2.43. The van der Waals surface area contributed by atoms with Gasteiger partial charge < -0.3 is 23.5 Å². The topological polar surface area (TPSA) is 107 Å². The number of carbonyl (C=O) groups excluding carboxylic acids is 2. The molecule has 0 radical (unpaired) electrons.